The van der Waals surface area contributed by atoms with Crippen molar-refractivity contribution >= 4 is 0 Å². The molecular formula is C18H22FN. The van der Waals surface area contributed by atoms with Crippen LogP contribution in [0.1, 0.15) is 45.0 Å². The summed E-state index contributed by atoms with van der Waals surface area (Å²) < 4.78 is 14.2. The monoisotopic (exact) mass is 271 g/mol. The van der Waals surface area contributed by atoms with Gasteiger partial charge in [0, 0.05) is 5.56 Å². The zero-order valence-corrected chi connectivity index (χ0v) is 12.8. The highest BCUT2D eigenvalue weighted by atomic mass is 19.1. The number of nitrogens with two attached hydrogens (primary N) is 1. The second kappa shape index (κ2) is 5.37. The molecule has 20 heavy (non-hydrogen) atoms. The van der Waals surface area contributed by atoms with Crippen LogP contribution in [0, 0.1) is 40.4 Å². The Labute approximate surface area is 120 Å². The maximum Gasteiger partial charge on any atom is 0.128 e. The molecule has 0 saturated heterocycles. The van der Waals surface area contributed by atoms with Gasteiger partial charge >= 0.3 is 0 Å². The minimum atomic E-state index is -0.422. The first kappa shape index (κ1) is 14.7. The molecule has 106 valence electrons. The normalized spacial score (nSPS) is 12.6. The molecule has 1 unspecified atom stereocenters. The first-order chi connectivity index (χ1) is 9.32. The van der Waals surface area contributed by atoms with Crippen molar-refractivity contribution in [2.75, 3.05) is 0 Å². The largest absolute Gasteiger partial charge is 0.320 e. The number of rotatable bonds is 2. The Morgan fingerprint density at radius 3 is 1.95 bits per heavy atom. The molecule has 0 heterocycles. The van der Waals surface area contributed by atoms with Crippen LogP contribution in [0.4, 0.5) is 4.39 Å². The lowest BCUT2D eigenvalue weighted by molar-refractivity contribution is 0.597. The van der Waals surface area contributed by atoms with Gasteiger partial charge in [0.25, 0.3) is 0 Å². The first-order valence-electron chi connectivity index (χ1n) is 6.92. The second-order valence-electron chi connectivity index (χ2n) is 5.68. The fraction of sp³-hybridized carbons (Fsp3) is 0.333. The van der Waals surface area contributed by atoms with E-state index in [0.29, 0.717) is 5.56 Å². The van der Waals surface area contributed by atoms with Crippen LogP contribution >= 0.6 is 0 Å². The topological polar surface area (TPSA) is 26.0 Å². The Morgan fingerprint density at radius 2 is 1.45 bits per heavy atom. The summed E-state index contributed by atoms with van der Waals surface area (Å²) in [6, 6.07) is 6.99. The van der Waals surface area contributed by atoms with Gasteiger partial charge in [0.05, 0.1) is 6.04 Å². The van der Waals surface area contributed by atoms with Gasteiger partial charge in [-0.15, -0.1) is 0 Å². The standard InChI is InChI=1S/C18H22FN/c1-10-6-7-15(16(19)8-10)18(20)17-13(4)11(2)9-12(3)14(17)5/h6-9,18H,20H2,1-5H3. The lowest BCUT2D eigenvalue weighted by Crippen LogP contribution is -2.17. The molecular weight excluding hydrogens is 249 g/mol. The molecule has 2 aromatic rings. The lowest BCUT2D eigenvalue weighted by Gasteiger charge is -2.22. The molecule has 2 N–H and O–H groups in total. The highest BCUT2D eigenvalue weighted by Crippen LogP contribution is 2.31. The van der Waals surface area contributed by atoms with Crippen molar-refractivity contribution in [2.24, 2.45) is 5.73 Å². The van der Waals surface area contributed by atoms with E-state index in [4.69, 9.17) is 5.73 Å². The summed E-state index contributed by atoms with van der Waals surface area (Å²) in [5.74, 6) is -0.226. The Kier molecular flexibility index (Phi) is 3.96. The van der Waals surface area contributed by atoms with Crippen LogP contribution in [-0.4, -0.2) is 0 Å². The number of hydrogen-bond donors (Lipinski definition) is 1. The van der Waals surface area contributed by atoms with Gasteiger partial charge in [-0.05, 0) is 74.1 Å². The van der Waals surface area contributed by atoms with E-state index in [9.17, 15) is 4.39 Å². The van der Waals surface area contributed by atoms with Crippen LogP contribution < -0.4 is 5.73 Å². The van der Waals surface area contributed by atoms with Crippen molar-refractivity contribution in [3.63, 3.8) is 0 Å². The zero-order valence-electron chi connectivity index (χ0n) is 12.8. The highest BCUT2D eigenvalue weighted by Gasteiger charge is 2.19. The van der Waals surface area contributed by atoms with E-state index in [1.807, 2.05) is 13.0 Å². The number of halogens is 1. The Balaban J connectivity index is 2.62. The Bertz CT molecular complexity index is 633. The average Bonchev–Trinajstić information content (AvgIpc) is 2.36. The number of aryl methyl sites for hydroxylation is 3. The summed E-state index contributed by atoms with van der Waals surface area (Å²) in [7, 11) is 0. The molecule has 1 nitrogen and oxygen atoms in total. The van der Waals surface area contributed by atoms with Crippen molar-refractivity contribution in [2.45, 2.75) is 40.7 Å². The van der Waals surface area contributed by atoms with Gasteiger partial charge in [0.1, 0.15) is 5.82 Å². The second-order valence-corrected chi connectivity index (χ2v) is 5.68. The summed E-state index contributed by atoms with van der Waals surface area (Å²) in [6.45, 7) is 10.1. The maximum absolute atomic E-state index is 14.2. The number of hydrogen-bond acceptors (Lipinski definition) is 1. The molecule has 0 fully saturated rings. The molecule has 2 rings (SSSR count). The van der Waals surface area contributed by atoms with Crippen molar-refractivity contribution in [3.8, 4) is 0 Å². The molecule has 0 radical (unpaired) electrons. The van der Waals surface area contributed by atoms with Crippen LogP contribution in [-0.2, 0) is 0 Å². The van der Waals surface area contributed by atoms with Crippen molar-refractivity contribution < 1.29 is 4.39 Å². The fourth-order valence-corrected chi connectivity index (χ4v) is 2.75. The molecule has 0 aliphatic carbocycles. The lowest BCUT2D eigenvalue weighted by atomic mass is 9.87. The predicted molar refractivity (Wildman–Crippen MR) is 82.6 cm³/mol. The molecule has 0 aliphatic rings. The average molecular weight is 271 g/mol. The van der Waals surface area contributed by atoms with E-state index in [1.54, 1.807) is 12.1 Å². The van der Waals surface area contributed by atoms with Gasteiger partial charge in [0.2, 0.25) is 0 Å². The van der Waals surface area contributed by atoms with Gasteiger partial charge in [-0.3, -0.25) is 0 Å². The van der Waals surface area contributed by atoms with Gasteiger partial charge in [-0.2, -0.15) is 0 Å². The van der Waals surface area contributed by atoms with E-state index in [0.717, 1.165) is 22.3 Å². The van der Waals surface area contributed by atoms with E-state index in [2.05, 4.69) is 33.8 Å². The molecule has 0 aromatic heterocycles. The van der Waals surface area contributed by atoms with Crippen molar-refractivity contribution in [3.05, 3.63) is 69.0 Å². The van der Waals surface area contributed by atoms with E-state index < -0.39 is 6.04 Å². The van der Waals surface area contributed by atoms with Crippen LogP contribution in [0.15, 0.2) is 24.3 Å². The molecule has 0 amide bonds. The van der Waals surface area contributed by atoms with Crippen molar-refractivity contribution in [1.29, 1.82) is 0 Å². The third-order valence-corrected chi connectivity index (χ3v) is 4.23. The van der Waals surface area contributed by atoms with E-state index in [-0.39, 0.29) is 5.82 Å². The molecule has 0 bridgehead atoms. The molecule has 0 aliphatic heterocycles. The molecule has 2 aromatic carbocycles. The predicted octanol–water partition coefficient (Wildman–Crippen LogP) is 4.42. The van der Waals surface area contributed by atoms with E-state index in [1.165, 1.54) is 11.1 Å². The molecule has 0 saturated carbocycles. The summed E-state index contributed by atoms with van der Waals surface area (Å²) in [4.78, 5) is 0. The van der Waals surface area contributed by atoms with Gasteiger partial charge in [-0.1, -0.05) is 18.2 Å². The molecule has 1 atom stereocenters. The summed E-state index contributed by atoms with van der Waals surface area (Å²) in [6.07, 6.45) is 0. The summed E-state index contributed by atoms with van der Waals surface area (Å²) in [5, 5.41) is 0. The van der Waals surface area contributed by atoms with Crippen LogP contribution in [0.3, 0.4) is 0 Å². The first-order valence-corrected chi connectivity index (χ1v) is 6.92. The highest BCUT2D eigenvalue weighted by molar-refractivity contribution is 5.49. The SMILES string of the molecule is Cc1ccc(C(N)c2c(C)c(C)cc(C)c2C)c(F)c1. The molecule has 0 spiro atoms. The van der Waals surface area contributed by atoms with Crippen molar-refractivity contribution in [1.82, 2.24) is 0 Å². The summed E-state index contributed by atoms with van der Waals surface area (Å²) in [5.41, 5.74) is 13.6. The smallest absolute Gasteiger partial charge is 0.128 e. The zero-order chi connectivity index (χ0) is 15.0. The minimum Gasteiger partial charge on any atom is -0.320 e. The number of benzene rings is 2. The quantitative estimate of drug-likeness (QED) is 0.860. The van der Waals surface area contributed by atoms with Gasteiger partial charge < -0.3 is 5.73 Å². The van der Waals surface area contributed by atoms with Crippen LogP contribution in [0.2, 0.25) is 0 Å². The van der Waals surface area contributed by atoms with Crippen LogP contribution in [0.25, 0.3) is 0 Å². The third kappa shape index (κ3) is 2.48. The van der Waals surface area contributed by atoms with Crippen LogP contribution in [0.5, 0.6) is 0 Å². The Hall–Kier alpha value is -1.67. The Morgan fingerprint density at radius 1 is 0.900 bits per heavy atom. The molecule has 2 heteroatoms. The minimum absolute atomic E-state index is 0.226. The van der Waals surface area contributed by atoms with Gasteiger partial charge in [-0.25, -0.2) is 4.39 Å². The van der Waals surface area contributed by atoms with E-state index >= 15 is 0 Å². The van der Waals surface area contributed by atoms with Gasteiger partial charge in [0.15, 0.2) is 0 Å². The maximum atomic E-state index is 14.2. The fourth-order valence-electron chi connectivity index (χ4n) is 2.75. The summed E-state index contributed by atoms with van der Waals surface area (Å²) >= 11 is 0. The third-order valence-electron chi connectivity index (χ3n) is 4.23.